The summed E-state index contributed by atoms with van der Waals surface area (Å²) in [6.07, 6.45) is 1.54. The molecule has 1 fully saturated rings. The Bertz CT molecular complexity index is 463. The van der Waals surface area contributed by atoms with Crippen LogP contribution in [0.15, 0.2) is 6.20 Å². The molecule has 0 saturated carbocycles. The van der Waals surface area contributed by atoms with Crippen LogP contribution >= 0.6 is 11.6 Å². The van der Waals surface area contributed by atoms with Crippen molar-refractivity contribution in [2.45, 2.75) is 25.0 Å². The number of hydrogen-bond acceptors (Lipinski definition) is 4. The van der Waals surface area contributed by atoms with E-state index in [2.05, 4.69) is 10.3 Å². The third-order valence-corrected chi connectivity index (χ3v) is 3.93. The second-order valence-corrected chi connectivity index (χ2v) is 5.22. The number of imidazole rings is 1. The van der Waals surface area contributed by atoms with Gasteiger partial charge in [0.2, 0.25) is 5.91 Å². The lowest BCUT2D eigenvalue weighted by molar-refractivity contribution is -0.132. The second kappa shape index (κ2) is 5.90. The first kappa shape index (κ1) is 14.3. The summed E-state index contributed by atoms with van der Waals surface area (Å²) in [5.41, 5.74) is 0. The molecule has 7 heteroatoms. The highest BCUT2D eigenvalue weighted by Crippen LogP contribution is 2.21. The standard InChI is InChI=1S/C12H19ClN4O2/c1-14-8-3-4-17(7-8)11(19)5-9(18)12-15-6-10(13)16(12)2/h6,8-9,14,18H,3-5,7H2,1-2H3. The first-order valence-corrected chi connectivity index (χ1v) is 6.71. The quantitative estimate of drug-likeness (QED) is 0.836. The van der Waals surface area contributed by atoms with Crippen LogP contribution in [0.3, 0.4) is 0 Å². The highest BCUT2D eigenvalue weighted by Gasteiger charge is 2.27. The van der Waals surface area contributed by atoms with Gasteiger partial charge in [-0.15, -0.1) is 0 Å². The van der Waals surface area contributed by atoms with Gasteiger partial charge in [0, 0.05) is 26.2 Å². The normalized spacial score (nSPS) is 20.8. The average molecular weight is 287 g/mol. The molecule has 2 N–H and O–H groups in total. The van der Waals surface area contributed by atoms with E-state index in [1.54, 1.807) is 16.5 Å². The molecule has 6 nitrogen and oxygen atoms in total. The number of likely N-dealkylation sites (tertiary alicyclic amines) is 1. The fraction of sp³-hybridized carbons (Fsp3) is 0.667. The maximum absolute atomic E-state index is 12.1. The number of aromatic nitrogens is 2. The summed E-state index contributed by atoms with van der Waals surface area (Å²) in [7, 11) is 3.61. The van der Waals surface area contributed by atoms with Crippen LogP contribution in [0.5, 0.6) is 0 Å². The Labute approximate surface area is 117 Å². The molecule has 2 heterocycles. The average Bonchev–Trinajstić information content (AvgIpc) is 2.98. The molecule has 106 valence electrons. The Morgan fingerprint density at radius 2 is 2.47 bits per heavy atom. The van der Waals surface area contributed by atoms with Gasteiger partial charge in [-0.3, -0.25) is 4.79 Å². The molecule has 1 saturated heterocycles. The molecule has 2 unspecified atom stereocenters. The van der Waals surface area contributed by atoms with E-state index in [0.717, 1.165) is 13.0 Å². The Balaban J connectivity index is 1.94. The van der Waals surface area contributed by atoms with Crippen LogP contribution in [0.1, 0.15) is 24.8 Å². The van der Waals surface area contributed by atoms with Crippen LogP contribution in [0.4, 0.5) is 0 Å². The number of halogens is 1. The smallest absolute Gasteiger partial charge is 0.225 e. The van der Waals surface area contributed by atoms with Gasteiger partial charge >= 0.3 is 0 Å². The summed E-state index contributed by atoms with van der Waals surface area (Å²) < 4.78 is 1.58. The maximum Gasteiger partial charge on any atom is 0.225 e. The van der Waals surface area contributed by atoms with Gasteiger partial charge in [0.15, 0.2) is 0 Å². The number of carbonyl (C=O) groups excluding carboxylic acids is 1. The number of nitrogens with one attached hydrogen (secondary N) is 1. The van der Waals surface area contributed by atoms with Crippen LogP contribution in [-0.2, 0) is 11.8 Å². The van der Waals surface area contributed by atoms with E-state index in [0.29, 0.717) is 23.6 Å². The van der Waals surface area contributed by atoms with Crippen molar-refractivity contribution in [1.29, 1.82) is 0 Å². The van der Waals surface area contributed by atoms with E-state index >= 15 is 0 Å². The third-order valence-electron chi connectivity index (χ3n) is 3.58. The number of rotatable bonds is 4. The largest absolute Gasteiger partial charge is 0.385 e. The number of nitrogens with zero attached hydrogens (tertiary/aromatic N) is 3. The van der Waals surface area contributed by atoms with Gasteiger partial charge < -0.3 is 19.9 Å². The number of aliphatic hydroxyl groups excluding tert-OH is 1. The first-order chi connectivity index (χ1) is 9.02. The van der Waals surface area contributed by atoms with E-state index in [4.69, 9.17) is 11.6 Å². The van der Waals surface area contributed by atoms with Crippen molar-refractivity contribution in [3.05, 3.63) is 17.2 Å². The van der Waals surface area contributed by atoms with E-state index in [1.807, 2.05) is 7.05 Å². The highest BCUT2D eigenvalue weighted by atomic mass is 35.5. The number of amides is 1. The van der Waals surface area contributed by atoms with E-state index < -0.39 is 6.10 Å². The van der Waals surface area contributed by atoms with Gasteiger partial charge in [0.1, 0.15) is 17.1 Å². The minimum absolute atomic E-state index is 0.0393. The van der Waals surface area contributed by atoms with E-state index in [9.17, 15) is 9.90 Å². The van der Waals surface area contributed by atoms with Crippen molar-refractivity contribution in [1.82, 2.24) is 19.8 Å². The predicted octanol–water partition coefficient (Wildman–Crippen LogP) is 0.317. The molecule has 1 aliphatic heterocycles. The molecular weight excluding hydrogens is 268 g/mol. The molecule has 0 aliphatic carbocycles. The molecule has 1 aliphatic rings. The monoisotopic (exact) mass is 286 g/mol. The molecule has 1 aromatic heterocycles. The molecule has 0 spiro atoms. The number of hydrogen-bond donors (Lipinski definition) is 2. The maximum atomic E-state index is 12.1. The van der Waals surface area contributed by atoms with Gasteiger partial charge in [-0.25, -0.2) is 4.98 Å². The van der Waals surface area contributed by atoms with Crippen molar-refractivity contribution in [2.75, 3.05) is 20.1 Å². The van der Waals surface area contributed by atoms with Crippen molar-refractivity contribution in [3.63, 3.8) is 0 Å². The molecule has 19 heavy (non-hydrogen) atoms. The van der Waals surface area contributed by atoms with Crippen LogP contribution in [-0.4, -0.2) is 51.6 Å². The molecular formula is C12H19ClN4O2. The van der Waals surface area contributed by atoms with Gasteiger partial charge in [-0.05, 0) is 13.5 Å². The second-order valence-electron chi connectivity index (χ2n) is 4.83. The Hall–Kier alpha value is -1.11. The predicted molar refractivity (Wildman–Crippen MR) is 71.8 cm³/mol. The lowest BCUT2D eigenvalue weighted by atomic mass is 10.2. The zero-order valence-electron chi connectivity index (χ0n) is 11.1. The number of aliphatic hydroxyl groups is 1. The molecule has 0 aromatic carbocycles. The Morgan fingerprint density at radius 3 is 3.00 bits per heavy atom. The summed E-state index contributed by atoms with van der Waals surface area (Å²) in [5.74, 6) is 0.368. The number of likely N-dealkylation sites (N-methyl/N-ethyl adjacent to an activating group) is 1. The van der Waals surface area contributed by atoms with Gasteiger partial charge in [0.05, 0.1) is 12.6 Å². The zero-order chi connectivity index (χ0) is 14.0. The topological polar surface area (TPSA) is 70.4 Å². The van der Waals surface area contributed by atoms with E-state index in [-0.39, 0.29) is 12.3 Å². The molecule has 0 bridgehead atoms. The first-order valence-electron chi connectivity index (χ1n) is 6.33. The van der Waals surface area contributed by atoms with Crippen molar-refractivity contribution in [3.8, 4) is 0 Å². The minimum atomic E-state index is -0.918. The Morgan fingerprint density at radius 1 is 1.74 bits per heavy atom. The molecule has 1 amide bonds. The summed E-state index contributed by atoms with van der Waals surface area (Å²) in [5, 5.41) is 13.7. The van der Waals surface area contributed by atoms with Crippen LogP contribution in [0.2, 0.25) is 5.15 Å². The number of carbonyl (C=O) groups is 1. The summed E-state index contributed by atoms with van der Waals surface area (Å²) in [4.78, 5) is 17.9. The fourth-order valence-corrected chi connectivity index (χ4v) is 2.46. The van der Waals surface area contributed by atoms with Gasteiger partial charge in [-0.2, -0.15) is 0 Å². The Kier molecular flexibility index (Phi) is 4.44. The van der Waals surface area contributed by atoms with Crippen LogP contribution < -0.4 is 5.32 Å². The molecule has 2 atom stereocenters. The SMILES string of the molecule is CNC1CCN(C(=O)CC(O)c2ncc(Cl)n2C)C1. The minimum Gasteiger partial charge on any atom is -0.385 e. The zero-order valence-corrected chi connectivity index (χ0v) is 11.9. The fourth-order valence-electron chi connectivity index (χ4n) is 2.32. The summed E-state index contributed by atoms with van der Waals surface area (Å²) >= 11 is 5.86. The summed E-state index contributed by atoms with van der Waals surface area (Å²) in [6, 6.07) is 0.351. The molecule has 1 aromatic rings. The molecule has 0 radical (unpaired) electrons. The molecule has 2 rings (SSSR count). The highest BCUT2D eigenvalue weighted by molar-refractivity contribution is 6.29. The lowest BCUT2D eigenvalue weighted by Gasteiger charge is -2.18. The van der Waals surface area contributed by atoms with Gasteiger partial charge in [0.25, 0.3) is 0 Å². The van der Waals surface area contributed by atoms with Crippen molar-refractivity contribution < 1.29 is 9.90 Å². The lowest BCUT2D eigenvalue weighted by Crippen LogP contribution is -2.34. The van der Waals surface area contributed by atoms with Crippen molar-refractivity contribution in [2.24, 2.45) is 7.05 Å². The third kappa shape index (κ3) is 3.08. The van der Waals surface area contributed by atoms with Gasteiger partial charge in [-0.1, -0.05) is 11.6 Å². The van der Waals surface area contributed by atoms with Crippen molar-refractivity contribution >= 4 is 17.5 Å². The summed E-state index contributed by atoms with van der Waals surface area (Å²) in [6.45, 7) is 1.43. The van der Waals surface area contributed by atoms with Crippen LogP contribution in [0.25, 0.3) is 0 Å². The van der Waals surface area contributed by atoms with Crippen LogP contribution in [0, 0.1) is 0 Å². The van der Waals surface area contributed by atoms with E-state index in [1.165, 1.54) is 6.20 Å².